The molecule has 1 N–H and O–H groups in total. The van der Waals surface area contributed by atoms with E-state index in [1.165, 1.54) is 12.8 Å². The monoisotopic (exact) mass is 347 g/mol. The van der Waals surface area contributed by atoms with Gasteiger partial charge in [0, 0.05) is 30.2 Å². The van der Waals surface area contributed by atoms with Gasteiger partial charge in [-0.25, -0.2) is 4.98 Å². The van der Waals surface area contributed by atoms with E-state index in [0.717, 1.165) is 25.1 Å². The molecule has 0 saturated carbocycles. The van der Waals surface area contributed by atoms with Crippen molar-refractivity contribution in [3.8, 4) is 5.69 Å². The maximum atomic E-state index is 12.1. The maximum Gasteiger partial charge on any atom is 0.251 e. The van der Waals surface area contributed by atoms with Crippen molar-refractivity contribution >= 4 is 35.0 Å². The van der Waals surface area contributed by atoms with Crippen molar-refractivity contribution in [3.63, 3.8) is 0 Å². The summed E-state index contributed by atoms with van der Waals surface area (Å²) >= 11 is 9.24. The van der Waals surface area contributed by atoms with Gasteiger partial charge in [0.05, 0.1) is 0 Å². The first-order chi connectivity index (χ1) is 11.1. The summed E-state index contributed by atoms with van der Waals surface area (Å²) < 4.78 is 2.28. The number of aromatic nitrogens is 2. The molecule has 1 aromatic carbocycles. The summed E-state index contributed by atoms with van der Waals surface area (Å²) in [5.74, 6) is 0.583. The second-order valence-corrected chi connectivity index (χ2v) is 6.45. The summed E-state index contributed by atoms with van der Waals surface area (Å²) in [5.41, 5.74) is 1.55. The third-order valence-corrected chi connectivity index (χ3v) is 3.94. The van der Waals surface area contributed by atoms with Gasteiger partial charge >= 0.3 is 0 Å². The third kappa shape index (κ3) is 4.91. The quantitative estimate of drug-likeness (QED) is 0.434. The average molecular weight is 348 g/mol. The highest BCUT2D eigenvalue weighted by atomic mass is 32.1. The molecule has 0 aliphatic rings. The molecule has 4 nitrogen and oxygen atoms in total. The third-order valence-electron chi connectivity index (χ3n) is 3.56. The van der Waals surface area contributed by atoms with Gasteiger partial charge in [-0.1, -0.05) is 38.4 Å². The predicted molar refractivity (Wildman–Crippen MR) is 101 cm³/mol. The fourth-order valence-electron chi connectivity index (χ4n) is 2.30. The van der Waals surface area contributed by atoms with E-state index < -0.39 is 0 Å². The molecule has 1 heterocycles. The van der Waals surface area contributed by atoms with Crippen molar-refractivity contribution in [1.82, 2.24) is 14.9 Å². The Morgan fingerprint density at radius 3 is 2.65 bits per heavy atom. The number of benzene rings is 1. The second kappa shape index (κ2) is 8.84. The van der Waals surface area contributed by atoms with E-state index in [0.29, 0.717) is 15.6 Å². The molecule has 0 atom stereocenters. The number of nitrogens with zero attached hydrogens (tertiary/aromatic N) is 2. The number of imidazole rings is 1. The average Bonchev–Trinajstić information content (AvgIpc) is 3.04. The Hall–Kier alpha value is -1.66. The van der Waals surface area contributed by atoms with Gasteiger partial charge in [-0.2, -0.15) is 0 Å². The van der Waals surface area contributed by atoms with Crippen LogP contribution in [0, 0.1) is 0 Å². The van der Waals surface area contributed by atoms with Crippen LogP contribution in [0.1, 0.15) is 48.8 Å². The number of unbranched alkanes of at least 4 members (excludes halogenated alkanes) is 3. The number of rotatable bonds is 8. The van der Waals surface area contributed by atoms with E-state index in [9.17, 15) is 4.79 Å². The first-order valence-electron chi connectivity index (χ1n) is 7.78. The van der Waals surface area contributed by atoms with E-state index in [1.54, 1.807) is 6.20 Å². The lowest BCUT2D eigenvalue weighted by molar-refractivity contribution is 0.0953. The summed E-state index contributed by atoms with van der Waals surface area (Å²) in [7, 11) is 0. The minimum absolute atomic E-state index is 0.0383. The van der Waals surface area contributed by atoms with Gasteiger partial charge < -0.3 is 5.32 Å². The zero-order valence-electron chi connectivity index (χ0n) is 13.2. The fourth-order valence-corrected chi connectivity index (χ4v) is 2.62. The topological polar surface area (TPSA) is 46.9 Å². The van der Waals surface area contributed by atoms with Crippen LogP contribution in [-0.4, -0.2) is 26.2 Å². The normalized spacial score (nSPS) is 10.5. The molecule has 2 aromatic rings. The van der Waals surface area contributed by atoms with Crippen molar-refractivity contribution in [3.05, 3.63) is 48.0 Å². The van der Waals surface area contributed by atoms with Crippen LogP contribution in [0.2, 0.25) is 0 Å². The highest BCUT2D eigenvalue weighted by Crippen LogP contribution is 2.14. The molecule has 0 unspecified atom stereocenters. The minimum Gasteiger partial charge on any atom is -0.352 e. The van der Waals surface area contributed by atoms with Crippen LogP contribution in [-0.2, 0) is 0 Å². The van der Waals surface area contributed by atoms with Gasteiger partial charge in [-0.15, -0.1) is 12.6 Å². The first-order valence-corrected chi connectivity index (χ1v) is 8.64. The van der Waals surface area contributed by atoms with Crippen LogP contribution < -0.4 is 5.32 Å². The number of hydrogen-bond donors (Lipinski definition) is 2. The van der Waals surface area contributed by atoms with Crippen molar-refractivity contribution < 1.29 is 4.79 Å². The zero-order chi connectivity index (χ0) is 16.7. The maximum absolute atomic E-state index is 12.1. The van der Waals surface area contributed by atoms with Gasteiger partial charge in [0.2, 0.25) is 0 Å². The number of hydrogen-bond acceptors (Lipinski definition) is 3. The number of nitrogens with one attached hydrogen (secondary N) is 1. The van der Waals surface area contributed by atoms with Crippen molar-refractivity contribution in [2.45, 2.75) is 32.6 Å². The lowest BCUT2D eigenvalue weighted by atomic mass is 10.1. The van der Waals surface area contributed by atoms with E-state index >= 15 is 0 Å². The molecule has 23 heavy (non-hydrogen) atoms. The Bertz CT molecular complexity index is 665. The van der Waals surface area contributed by atoms with E-state index in [1.807, 2.05) is 35.0 Å². The van der Waals surface area contributed by atoms with E-state index in [4.69, 9.17) is 12.2 Å². The molecule has 0 fully saturated rings. The fraction of sp³-hybridized carbons (Fsp3) is 0.353. The Morgan fingerprint density at radius 2 is 2.00 bits per heavy atom. The van der Waals surface area contributed by atoms with Crippen LogP contribution in [0.15, 0.2) is 36.7 Å². The molecule has 0 aliphatic heterocycles. The molecule has 0 bridgehead atoms. The molecular formula is C17H21N3OS2. The van der Waals surface area contributed by atoms with Crippen LogP contribution in [0.3, 0.4) is 0 Å². The lowest BCUT2D eigenvalue weighted by Gasteiger charge is -2.08. The zero-order valence-corrected chi connectivity index (χ0v) is 14.9. The van der Waals surface area contributed by atoms with Crippen molar-refractivity contribution in [2.75, 3.05) is 6.54 Å². The van der Waals surface area contributed by atoms with Crippen molar-refractivity contribution in [1.29, 1.82) is 0 Å². The Morgan fingerprint density at radius 1 is 1.26 bits per heavy atom. The molecule has 6 heteroatoms. The molecule has 0 radical (unpaired) electrons. The molecule has 1 amide bonds. The van der Waals surface area contributed by atoms with E-state index in [-0.39, 0.29) is 5.91 Å². The van der Waals surface area contributed by atoms with Crippen LogP contribution in [0.25, 0.3) is 5.69 Å². The van der Waals surface area contributed by atoms with Gasteiger partial charge in [0.1, 0.15) is 4.20 Å². The van der Waals surface area contributed by atoms with Gasteiger partial charge in [-0.3, -0.25) is 9.36 Å². The highest BCUT2D eigenvalue weighted by molar-refractivity contribution is 8.11. The number of thiocarbonyl (C=S) groups is 1. The number of thiol groups is 1. The molecule has 0 spiro atoms. The SMILES string of the molecule is CCCCCCNC(=O)c1ccc(-n2ccnc2C(=S)S)cc1. The molecule has 1 aromatic heterocycles. The number of carbonyl (C=O) groups is 1. The number of amides is 1. The Kier molecular flexibility index (Phi) is 6.80. The summed E-state index contributed by atoms with van der Waals surface area (Å²) in [5, 5.41) is 2.95. The molecular weight excluding hydrogens is 326 g/mol. The van der Waals surface area contributed by atoms with E-state index in [2.05, 4.69) is 29.9 Å². The van der Waals surface area contributed by atoms with Gasteiger partial charge in [-0.05, 0) is 30.7 Å². The van der Waals surface area contributed by atoms with Gasteiger partial charge in [0.15, 0.2) is 5.82 Å². The smallest absolute Gasteiger partial charge is 0.251 e. The Labute approximate surface area is 147 Å². The lowest BCUT2D eigenvalue weighted by Crippen LogP contribution is -2.24. The van der Waals surface area contributed by atoms with Crippen LogP contribution in [0.5, 0.6) is 0 Å². The number of carbonyl (C=O) groups excluding carboxylic acids is 1. The summed E-state index contributed by atoms with van der Waals surface area (Å²) in [6.45, 7) is 2.90. The van der Waals surface area contributed by atoms with Crippen LogP contribution in [0.4, 0.5) is 0 Å². The first kappa shape index (κ1) is 17.7. The van der Waals surface area contributed by atoms with Crippen LogP contribution >= 0.6 is 24.8 Å². The predicted octanol–water partition coefficient (Wildman–Crippen LogP) is 3.79. The highest BCUT2D eigenvalue weighted by Gasteiger charge is 2.09. The minimum atomic E-state index is -0.0383. The Balaban J connectivity index is 1.98. The summed E-state index contributed by atoms with van der Waals surface area (Å²) in [4.78, 5) is 16.3. The van der Waals surface area contributed by atoms with Crippen molar-refractivity contribution in [2.24, 2.45) is 0 Å². The molecule has 0 saturated heterocycles. The van der Waals surface area contributed by atoms with Gasteiger partial charge in [0.25, 0.3) is 5.91 Å². The molecule has 2 rings (SSSR count). The summed E-state index contributed by atoms with van der Waals surface area (Å²) in [6, 6.07) is 7.37. The summed E-state index contributed by atoms with van der Waals surface area (Å²) in [6.07, 6.45) is 8.08. The standard InChI is InChI=1S/C17H21N3OS2/c1-2-3-4-5-10-19-16(21)13-6-8-14(9-7-13)20-12-11-18-15(20)17(22)23/h6-9,11-12H,2-5,10H2,1H3,(H,19,21)(H,22,23). The molecule has 0 aliphatic carbocycles. The molecule has 122 valence electrons. The largest absolute Gasteiger partial charge is 0.352 e. The second-order valence-electron chi connectivity index (χ2n) is 5.29.